The van der Waals surface area contributed by atoms with E-state index >= 15 is 0 Å². The van der Waals surface area contributed by atoms with E-state index in [1.165, 1.54) is 6.42 Å². The van der Waals surface area contributed by atoms with Gasteiger partial charge >= 0.3 is 0 Å². The first-order valence-corrected chi connectivity index (χ1v) is 6.34. The van der Waals surface area contributed by atoms with Crippen molar-refractivity contribution < 1.29 is 9.53 Å². The largest absolute Gasteiger partial charge is 0.381 e. The Hall–Kier alpha value is -0.370. The molecular formula is C13H24O2. The Morgan fingerprint density at radius 1 is 1.40 bits per heavy atom. The molecule has 1 aliphatic rings. The number of unbranched alkanes of at least 4 members (excludes halogenated alkanes) is 1. The van der Waals surface area contributed by atoms with E-state index in [9.17, 15) is 4.79 Å². The van der Waals surface area contributed by atoms with Crippen molar-refractivity contribution in [2.45, 2.75) is 52.4 Å². The molecule has 0 aromatic rings. The van der Waals surface area contributed by atoms with Crippen molar-refractivity contribution >= 4 is 5.78 Å². The lowest BCUT2D eigenvalue weighted by atomic mass is 9.80. The van der Waals surface area contributed by atoms with Crippen LogP contribution in [0.3, 0.4) is 0 Å². The van der Waals surface area contributed by atoms with Gasteiger partial charge in [-0.25, -0.2) is 0 Å². The van der Waals surface area contributed by atoms with Gasteiger partial charge in [0.25, 0.3) is 0 Å². The third kappa shape index (κ3) is 4.78. The maximum absolute atomic E-state index is 11.6. The molecule has 1 aliphatic carbocycles. The topological polar surface area (TPSA) is 26.3 Å². The molecule has 0 spiro atoms. The zero-order valence-electron chi connectivity index (χ0n) is 10.1. The van der Waals surface area contributed by atoms with Gasteiger partial charge in [-0.1, -0.05) is 20.3 Å². The van der Waals surface area contributed by atoms with Crippen molar-refractivity contribution in [3.8, 4) is 0 Å². The molecule has 1 rings (SSSR count). The van der Waals surface area contributed by atoms with Crippen LogP contribution in [0.2, 0.25) is 0 Å². The van der Waals surface area contributed by atoms with Crippen LogP contribution in [0.4, 0.5) is 0 Å². The summed E-state index contributed by atoms with van der Waals surface area (Å²) < 4.78 is 5.51. The van der Waals surface area contributed by atoms with E-state index in [-0.39, 0.29) is 5.92 Å². The highest BCUT2D eigenvalue weighted by Crippen LogP contribution is 2.27. The van der Waals surface area contributed by atoms with Crippen LogP contribution >= 0.6 is 0 Å². The second kappa shape index (κ2) is 7.00. The van der Waals surface area contributed by atoms with Crippen molar-refractivity contribution in [3.63, 3.8) is 0 Å². The van der Waals surface area contributed by atoms with E-state index in [0.717, 1.165) is 51.2 Å². The van der Waals surface area contributed by atoms with E-state index in [4.69, 9.17) is 4.74 Å². The van der Waals surface area contributed by atoms with E-state index in [2.05, 4.69) is 13.8 Å². The molecular weight excluding hydrogens is 188 g/mol. The van der Waals surface area contributed by atoms with Crippen LogP contribution in [0.15, 0.2) is 0 Å². The molecule has 1 saturated carbocycles. The summed E-state index contributed by atoms with van der Waals surface area (Å²) >= 11 is 0. The van der Waals surface area contributed by atoms with Gasteiger partial charge in [-0.15, -0.1) is 0 Å². The highest BCUT2D eigenvalue weighted by atomic mass is 16.5. The lowest BCUT2D eigenvalue weighted by Crippen LogP contribution is -2.24. The van der Waals surface area contributed by atoms with Crippen LogP contribution in [-0.2, 0) is 9.53 Å². The molecule has 0 radical (unpaired) electrons. The molecule has 2 atom stereocenters. The second-order valence-electron chi connectivity index (χ2n) is 4.80. The lowest BCUT2D eigenvalue weighted by Gasteiger charge is -2.25. The average Bonchev–Trinajstić information content (AvgIpc) is 2.23. The molecule has 2 heteroatoms. The third-order valence-electron chi connectivity index (χ3n) is 3.28. The fourth-order valence-corrected chi connectivity index (χ4v) is 2.18. The maximum Gasteiger partial charge on any atom is 0.136 e. The van der Waals surface area contributed by atoms with Gasteiger partial charge in [-0.3, -0.25) is 4.79 Å². The molecule has 0 aromatic heterocycles. The van der Waals surface area contributed by atoms with Crippen LogP contribution in [0.5, 0.6) is 0 Å². The predicted molar refractivity (Wildman–Crippen MR) is 61.9 cm³/mol. The fourth-order valence-electron chi connectivity index (χ4n) is 2.18. The fraction of sp³-hybridized carbons (Fsp3) is 0.923. The van der Waals surface area contributed by atoms with Gasteiger partial charge in [0.15, 0.2) is 0 Å². The monoisotopic (exact) mass is 212 g/mol. The summed E-state index contributed by atoms with van der Waals surface area (Å²) in [4.78, 5) is 11.6. The van der Waals surface area contributed by atoms with Crippen molar-refractivity contribution in [2.24, 2.45) is 11.8 Å². The summed E-state index contributed by atoms with van der Waals surface area (Å²) in [6.45, 7) is 6.03. The highest BCUT2D eigenvalue weighted by Gasteiger charge is 2.25. The highest BCUT2D eigenvalue weighted by molar-refractivity contribution is 5.81. The molecule has 15 heavy (non-hydrogen) atoms. The Bertz CT molecular complexity index is 189. The maximum atomic E-state index is 11.6. The summed E-state index contributed by atoms with van der Waals surface area (Å²) in [7, 11) is 0. The number of rotatable bonds is 6. The minimum absolute atomic E-state index is 0.287. The zero-order chi connectivity index (χ0) is 11.1. The van der Waals surface area contributed by atoms with Gasteiger partial charge in [0, 0.05) is 25.6 Å². The molecule has 0 bridgehead atoms. The molecule has 0 saturated heterocycles. The molecule has 2 unspecified atom stereocenters. The summed E-state index contributed by atoms with van der Waals surface area (Å²) in [5.41, 5.74) is 0. The second-order valence-corrected chi connectivity index (χ2v) is 4.80. The average molecular weight is 212 g/mol. The molecule has 0 N–H and O–H groups in total. The van der Waals surface area contributed by atoms with E-state index in [0.29, 0.717) is 5.78 Å². The number of carbonyl (C=O) groups excluding carboxylic acids is 1. The first-order chi connectivity index (χ1) is 7.24. The van der Waals surface area contributed by atoms with Crippen LogP contribution < -0.4 is 0 Å². The summed E-state index contributed by atoms with van der Waals surface area (Å²) in [5, 5.41) is 0. The zero-order valence-corrected chi connectivity index (χ0v) is 10.1. The minimum Gasteiger partial charge on any atom is -0.381 e. The van der Waals surface area contributed by atoms with Crippen molar-refractivity contribution in [3.05, 3.63) is 0 Å². The van der Waals surface area contributed by atoms with Crippen molar-refractivity contribution in [1.82, 2.24) is 0 Å². The molecule has 2 nitrogen and oxygen atoms in total. The first-order valence-electron chi connectivity index (χ1n) is 6.34. The lowest BCUT2D eigenvalue weighted by molar-refractivity contribution is -0.126. The summed E-state index contributed by atoms with van der Waals surface area (Å²) in [6.07, 6.45) is 6.21. The SMILES string of the molecule is CCCCOCCC1CC(C)CCC1=O. The Morgan fingerprint density at radius 2 is 2.20 bits per heavy atom. The van der Waals surface area contributed by atoms with Crippen LogP contribution in [0, 0.1) is 11.8 Å². The molecule has 0 aromatic carbocycles. The Kier molecular flexibility index (Phi) is 5.92. The smallest absolute Gasteiger partial charge is 0.136 e. The van der Waals surface area contributed by atoms with Crippen LogP contribution in [-0.4, -0.2) is 19.0 Å². The minimum atomic E-state index is 0.287. The van der Waals surface area contributed by atoms with E-state index in [1.807, 2.05) is 0 Å². The molecule has 0 heterocycles. The van der Waals surface area contributed by atoms with Crippen molar-refractivity contribution in [2.75, 3.05) is 13.2 Å². The molecule has 0 aliphatic heterocycles. The van der Waals surface area contributed by atoms with Crippen LogP contribution in [0.25, 0.3) is 0 Å². The standard InChI is InChI=1S/C13H24O2/c1-3-4-8-15-9-7-12-10-11(2)5-6-13(12)14/h11-12H,3-10H2,1-2H3. The van der Waals surface area contributed by atoms with E-state index < -0.39 is 0 Å². The quantitative estimate of drug-likeness (QED) is 0.632. The molecule has 0 amide bonds. The third-order valence-corrected chi connectivity index (χ3v) is 3.28. The number of Topliss-reactive ketones (excluding diaryl/α,β-unsaturated/α-hetero) is 1. The normalized spacial score (nSPS) is 26.9. The van der Waals surface area contributed by atoms with Crippen LogP contribution in [0.1, 0.15) is 52.4 Å². The predicted octanol–water partition coefficient (Wildman–Crippen LogP) is 3.20. The molecule has 88 valence electrons. The Morgan fingerprint density at radius 3 is 2.93 bits per heavy atom. The Labute approximate surface area is 93.4 Å². The number of hydrogen-bond donors (Lipinski definition) is 0. The van der Waals surface area contributed by atoms with Gasteiger partial charge in [0.2, 0.25) is 0 Å². The van der Waals surface area contributed by atoms with Gasteiger partial charge in [-0.2, -0.15) is 0 Å². The Balaban J connectivity index is 2.11. The number of ketones is 1. The van der Waals surface area contributed by atoms with Gasteiger partial charge in [0.1, 0.15) is 5.78 Å². The molecule has 1 fully saturated rings. The number of ether oxygens (including phenoxy) is 1. The summed E-state index contributed by atoms with van der Waals surface area (Å²) in [5.74, 6) is 1.48. The van der Waals surface area contributed by atoms with Crippen molar-refractivity contribution in [1.29, 1.82) is 0 Å². The summed E-state index contributed by atoms with van der Waals surface area (Å²) in [6, 6.07) is 0. The number of hydrogen-bond acceptors (Lipinski definition) is 2. The number of carbonyl (C=O) groups is 1. The van der Waals surface area contributed by atoms with Gasteiger partial charge in [0.05, 0.1) is 0 Å². The van der Waals surface area contributed by atoms with E-state index in [1.54, 1.807) is 0 Å². The van der Waals surface area contributed by atoms with Gasteiger partial charge < -0.3 is 4.74 Å². The van der Waals surface area contributed by atoms with Gasteiger partial charge in [-0.05, 0) is 31.6 Å². The first kappa shape index (κ1) is 12.7.